The number of hydrogen-bond acceptors (Lipinski definition) is 6. The summed E-state index contributed by atoms with van der Waals surface area (Å²) >= 11 is 0. The molecule has 0 saturated heterocycles. The Morgan fingerprint density at radius 3 is 2.03 bits per heavy atom. The van der Waals surface area contributed by atoms with Gasteiger partial charge in [-0.2, -0.15) is 0 Å². The summed E-state index contributed by atoms with van der Waals surface area (Å²) in [6.45, 7) is 12.4. The minimum absolute atomic E-state index is 0.0985. The molecule has 0 spiro atoms. The van der Waals surface area contributed by atoms with Gasteiger partial charge >= 0.3 is 12.1 Å². The molecule has 0 amide bonds. The van der Waals surface area contributed by atoms with Crippen molar-refractivity contribution in [1.29, 1.82) is 0 Å². The van der Waals surface area contributed by atoms with E-state index in [0.717, 1.165) is 22.3 Å². The highest BCUT2D eigenvalue weighted by Gasteiger charge is 2.27. The zero-order valence-corrected chi connectivity index (χ0v) is 22.0. The molecule has 0 radical (unpaired) electrons. The molecule has 0 bridgehead atoms. The van der Waals surface area contributed by atoms with E-state index < -0.39 is 12.1 Å². The molecule has 6 heteroatoms. The Balaban J connectivity index is 2.37. The number of rotatable bonds is 7. The van der Waals surface area contributed by atoms with E-state index in [2.05, 4.69) is 20.8 Å². The fourth-order valence-corrected chi connectivity index (χ4v) is 3.84. The van der Waals surface area contributed by atoms with Crippen LogP contribution in [0.25, 0.3) is 0 Å². The summed E-state index contributed by atoms with van der Waals surface area (Å²) in [4.78, 5) is 36.8. The first-order valence-corrected chi connectivity index (χ1v) is 11.6. The van der Waals surface area contributed by atoms with Crippen molar-refractivity contribution < 1.29 is 28.6 Å². The molecule has 0 N–H and O–H groups in total. The van der Waals surface area contributed by atoms with Gasteiger partial charge in [-0.15, -0.1) is 0 Å². The first-order valence-electron chi connectivity index (χ1n) is 11.6. The molecule has 0 fully saturated rings. The minimum atomic E-state index is -0.805. The third-order valence-electron chi connectivity index (χ3n) is 5.61. The molecule has 2 rings (SSSR count). The molecule has 6 nitrogen and oxygen atoms in total. The van der Waals surface area contributed by atoms with Crippen LogP contribution >= 0.6 is 0 Å². The number of carbonyl (C=O) groups is 3. The van der Waals surface area contributed by atoms with E-state index in [1.54, 1.807) is 24.3 Å². The van der Waals surface area contributed by atoms with E-state index in [1.807, 2.05) is 39.0 Å². The Morgan fingerprint density at radius 2 is 1.46 bits per heavy atom. The maximum Gasteiger partial charge on any atom is 0.513 e. The lowest BCUT2D eigenvalue weighted by Crippen LogP contribution is -2.22. The smallest absolute Gasteiger partial charge is 0.465 e. The van der Waals surface area contributed by atoms with Crippen molar-refractivity contribution >= 4 is 17.9 Å². The summed E-state index contributed by atoms with van der Waals surface area (Å²) in [6, 6.07) is 10.9. The van der Waals surface area contributed by atoms with Gasteiger partial charge in [0.25, 0.3) is 0 Å². The summed E-state index contributed by atoms with van der Waals surface area (Å²) in [6.07, 6.45) is 3.03. The van der Waals surface area contributed by atoms with Crippen molar-refractivity contribution in [3.8, 4) is 5.75 Å². The molecular formula is C29H36O6. The zero-order chi connectivity index (χ0) is 26.4. The lowest BCUT2D eigenvalue weighted by atomic mass is 9.77. The van der Waals surface area contributed by atoms with Gasteiger partial charge in [0.05, 0.1) is 19.8 Å². The van der Waals surface area contributed by atoms with Gasteiger partial charge in [0, 0.05) is 12.0 Å². The van der Waals surface area contributed by atoms with Gasteiger partial charge in [0.1, 0.15) is 5.75 Å². The Kier molecular flexibility index (Phi) is 9.02. The van der Waals surface area contributed by atoms with Crippen LogP contribution in [0.5, 0.6) is 5.75 Å². The van der Waals surface area contributed by atoms with Crippen LogP contribution < -0.4 is 4.74 Å². The van der Waals surface area contributed by atoms with Crippen LogP contribution in [0.15, 0.2) is 48.6 Å². The van der Waals surface area contributed by atoms with Gasteiger partial charge in [-0.05, 0) is 52.1 Å². The molecule has 0 saturated carbocycles. The van der Waals surface area contributed by atoms with Crippen molar-refractivity contribution in [3.05, 3.63) is 76.4 Å². The van der Waals surface area contributed by atoms with Crippen LogP contribution in [0.2, 0.25) is 0 Å². The molecule has 0 aliphatic heterocycles. The normalized spacial score (nSPS) is 11.9. The number of methoxy groups -OCH3 is 2. The molecule has 0 unspecified atom stereocenters. The lowest BCUT2D eigenvalue weighted by molar-refractivity contribution is -0.114. The average Bonchev–Trinajstić information content (AvgIpc) is 2.77. The maximum absolute atomic E-state index is 12.9. The van der Waals surface area contributed by atoms with Gasteiger partial charge in [0.15, 0.2) is 5.78 Å². The molecule has 2 aromatic carbocycles. The Hall–Kier alpha value is -3.41. The number of hydrogen-bond donors (Lipinski definition) is 0. The second kappa shape index (κ2) is 11.3. The van der Waals surface area contributed by atoms with Crippen molar-refractivity contribution in [1.82, 2.24) is 0 Å². The van der Waals surface area contributed by atoms with Gasteiger partial charge in [0.2, 0.25) is 0 Å². The van der Waals surface area contributed by atoms with Crippen LogP contribution in [0.1, 0.15) is 74.2 Å². The van der Waals surface area contributed by atoms with Crippen LogP contribution in [0.4, 0.5) is 4.79 Å². The molecule has 2 aromatic rings. The SMILES string of the molecule is COC(=O)Oc1cc(CC(=O)/C=C/Cc2ccccc2C(=O)OC)c(C(C)(C)C)cc1C(C)(C)C. The molecule has 35 heavy (non-hydrogen) atoms. The van der Waals surface area contributed by atoms with Crippen LogP contribution in [0, 0.1) is 0 Å². The molecule has 0 heterocycles. The second-order valence-corrected chi connectivity index (χ2v) is 10.5. The second-order valence-electron chi connectivity index (χ2n) is 10.5. The average molecular weight is 481 g/mol. The van der Waals surface area contributed by atoms with Gasteiger partial charge < -0.3 is 14.2 Å². The fourth-order valence-electron chi connectivity index (χ4n) is 3.84. The van der Waals surface area contributed by atoms with E-state index in [9.17, 15) is 14.4 Å². The molecule has 0 atom stereocenters. The molecular weight excluding hydrogens is 444 g/mol. The van der Waals surface area contributed by atoms with Crippen molar-refractivity contribution in [2.45, 2.75) is 65.2 Å². The number of ketones is 1. The van der Waals surface area contributed by atoms with Gasteiger partial charge in [-0.25, -0.2) is 9.59 Å². The van der Waals surface area contributed by atoms with Crippen LogP contribution in [-0.4, -0.2) is 32.1 Å². The van der Waals surface area contributed by atoms with Crippen LogP contribution in [-0.2, 0) is 37.9 Å². The summed E-state index contributed by atoms with van der Waals surface area (Å²) in [7, 11) is 2.60. The van der Waals surface area contributed by atoms with E-state index >= 15 is 0 Å². The molecule has 0 aliphatic rings. The van der Waals surface area contributed by atoms with Crippen molar-refractivity contribution in [2.75, 3.05) is 14.2 Å². The highest BCUT2D eigenvalue weighted by atomic mass is 16.7. The Bertz CT molecular complexity index is 1110. The van der Waals surface area contributed by atoms with Crippen molar-refractivity contribution in [2.24, 2.45) is 0 Å². The van der Waals surface area contributed by atoms with Gasteiger partial charge in [-0.1, -0.05) is 71.9 Å². The van der Waals surface area contributed by atoms with Gasteiger partial charge in [-0.3, -0.25) is 4.79 Å². The number of allylic oxidation sites excluding steroid dienone is 2. The summed E-state index contributed by atoms with van der Waals surface area (Å²) in [5, 5.41) is 0. The van der Waals surface area contributed by atoms with Crippen molar-refractivity contribution in [3.63, 3.8) is 0 Å². The molecule has 0 aliphatic carbocycles. The third kappa shape index (κ3) is 7.54. The summed E-state index contributed by atoms with van der Waals surface area (Å²) < 4.78 is 15.0. The zero-order valence-electron chi connectivity index (χ0n) is 22.0. The van der Waals surface area contributed by atoms with E-state index in [-0.39, 0.29) is 23.0 Å². The monoisotopic (exact) mass is 480 g/mol. The molecule has 0 aromatic heterocycles. The maximum atomic E-state index is 12.9. The van der Waals surface area contributed by atoms with E-state index in [0.29, 0.717) is 17.7 Å². The predicted molar refractivity (Wildman–Crippen MR) is 136 cm³/mol. The van der Waals surface area contributed by atoms with E-state index in [1.165, 1.54) is 20.3 Å². The quantitative estimate of drug-likeness (QED) is 0.270. The first kappa shape index (κ1) is 27.8. The topological polar surface area (TPSA) is 78.9 Å². The predicted octanol–water partition coefficient (Wildman–Crippen LogP) is 6.12. The number of esters is 1. The number of ether oxygens (including phenoxy) is 3. The standard InChI is InChI=1S/C29H36O6/c1-28(2,3)23-18-24(29(4,5)6)25(35-27(32)34-8)17-20(23)16-21(30)14-11-13-19-12-9-10-15-22(19)26(31)33-7/h9-12,14-15,17-18H,13,16H2,1-8H3/b14-11+. The molecule has 188 valence electrons. The largest absolute Gasteiger partial charge is 0.513 e. The summed E-state index contributed by atoms with van der Waals surface area (Å²) in [5.41, 5.74) is 3.39. The fraction of sp³-hybridized carbons (Fsp3) is 0.414. The number of carbonyl (C=O) groups excluding carboxylic acids is 3. The third-order valence-corrected chi connectivity index (χ3v) is 5.61. The Labute approximate surface area is 208 Å². The van der Waals surface area contributed by atoms with Crippen LogP contribution in [0.3, 0.4) is 0 Å². The Morgan fingerprint density at radius 1 is 0.829 bits per heavy atom. The lowest BCUT2D eigenvalue weighted by Gasteiger charge is -2.29. The summed E-state index contributed by atoms with van der Waals surface area (Å²) in [5.74, 6) is -0.123. The van der Waals surface area contributed by atoms with E-state index in [4.69, 9.17) is 14.2 Å². The highest BCUT2D eigenvalue weighted by Crippen LogP contribution is 2.38. The highest BCUT2D eigenvalue weighted by molar-refractivity contribution is 5.92. The minimum Gasteiger partial charge on any atom is -0.465 e. The first-order chi connectivity index (χ1) is 16.3. The number of benzene rings is 2.